The maximum absolute atomic E-state index is 12.9. The van der Waals surface area contributed by atoms with Crippen molar-refractivity contribution >= 4 is 33.4 Å². The first-order chi connectivity index (χ1) is 12.0. The molecule has 0 radical (unpaired) electrons. The van der Waals surface area contributed by atoms with Crippen LogP contribution in [0, 0.1) is 0 Å². The number of hydrogen-bond donors (Lipinski definition) is 2. The molecule has 0 unspecified atom stereocenters. The van der Waals surface area contributed by atoms with Crippen LogP contribution in [0.15, 0.2) is 52.3 Å². The second-order valence-corrected chi connectivity index (χ2v) is 9.07. The van der Waals surface area contributed by atoms with E-state index in [2.05, 4.69) is 10.0 Å². The third-order valence-electron chi connectivity index (χ3n) is 4.54. The molecule has 1 amide bonds. The topological polar surface area (TPSA) is 75.3 Å². The van der Waals surface area contributed by atoms with Crippen LogP contribution in [0.1, 0.15) is 30.0 Å². The van der Waals surface area contributed by atoms with E-state index < -0.39 is 10.0 Å². The van der Waals surface area contributed by atoms with Crippen molar-refractivity contribution in [2.24, 2.45) is 0 Å². The Hall–Kier alpha value is -1.83. The van der Waals surface area contributed by atoms with Gasteiger partial charge in [0.25, 0.3) is 0 Å². The molecule has 5 nitrogen and oxygen atoms in total. The minimum absolute atomic E-state index is 0.0301. The summed E-state index contributed by atoms with van der Waals surface area (Å²) in [6.45, 7) is 0. The largest absolute Gasteiger partial charge is 0.326 e. The van der Waals surface area contributed by atoms with Gasteiger partial charge in [0.1, 0.15) is 0 Å². The molecule has 0 spiro atoms. The number of amides is 1. The molecule has 0 saturated heterocycles. The molecular formula is C18H18N2O3S2. The highest BCUT2D eigenvalue weighted by molar-refractivity contribution is 7.99. The van der Waals surface area contributed by atoms with E-state index in [0.717, 1.165) is 28.2 Å². The maximum atomic E-state index is 12.9. The van der Waals surface area contributed by atoms with E-state index >= 15 is 0 Å². The number of carbonyl (C=O) groups excluding carboxylic acids is 1. The van der Waals surface area contributed by atoms with E-state index in [4.69, 9.17) is 0 Å². The summed E-state index contributed by atoms with van der Waals surface area (Å²) < 4.78 is 28.6. The van der Waals surface area contributed by atoms with E-state index in [1.54, 1.807) is 30.0 Å². The van der Waals surface area contributed by atoms with Crippen molar-refractivity contribution in [3.05, 3.63) is 53.6 Å². The minimum Gasteiger partial charge on any atom is -0.326 e. The van der Waals surface area contributed by atoms with Crippen molar-refractivity contribution in [3.63, 3.8) is 0 Å². The molecule has 2 N–H and O–H groups in total. The molecule has 2 aromatic carbocycles. The van der Waals surface area contributed by atoms with Gasteiger partial charge in [0.15, 0.2) is 0 Å². The van der Waals surface area contributed by atoms with E-state index in [1.165, 1.54) is 0 Å². The lowest BCUT2D eigenvalue weighted by molar-refractivity contribution is -0.116. The first kappa shape index (κ1) is 16.6. The summed E-state index contributed by atoms with van der Waals surface area (Å²) in [5.41, 5.74) is 2.60. The maximum Gasteiger partial charge on any atom is 0.241 e. The van der Waals surface area contributed by atoms with Crippen LogP contribution >= 0.6 is 11.8 Å². The zero-order valence-corrected chi connectivity index (χ0v) is 15.1. The molecule has 0 bridgehead atoms. The monoisotopic (exact) mass is 374 g/mol. The van der Waals surface area contributed by atoms with Crippen LogP contribution in [-0.4, -0.2) is 20.1 Å². The average Bonchev–Trinajstić information content (AvgIpc) is 2.61. The van der Waals surface area contributed by atoms with Crippen LogP contribution in [0.3, 0.4) is 0 Å². The second kappa shape index (κ2) is 6.48. The SMILES string of the molecule is O=C1CCc2cc(S(=O)(=O)N[C@@H]3CCSc4ccccc43)ccc2N1. The van der Waals surface area contributed by atoms with Crippen molar-refractivity contribution < 1.29 is 13.2 Å². The first-order valence-electron chi connectivity index (χ1n) is 8.20. The predicted molar refractivity (Wildman–Crippen MR) is 98.2 cm³/mol. The molecule has 2 aliphatic rings. The summed E-state index contributed by atoms with van der Waals surface area (Å²) in [6.07, 6.45) is 1.71. The van der Waals surface area contributed by atoms with E-state index in [-0.39, 0.29) is 16.8 Å². The molecule has 7 heteroatoms. The number of rotatable bonds is 3. The van der Waals surface area contributed by atoms with Gasteiger partial charge in [-0.1, -0.05) is 18.2 Å². The van der Waals surface area contributed by atoms with Gasteiger partial charge >= 0.3 is 0 Å². The minimum atomic E-state index is -3.62. The average molecular weight is 374 g/mol. The number of anilines is 1. The summed E-state index contributed by atoms with van der Waals surface area (Å²) in [6, 6.07) is 12.6. The van der Waals surface area contributed by atoms with Crippen LogP contribution in [-0.2, 0) is 21.2 Å². The fourth-order valence-corrected chi connectivity index (χ4v) is 5.67. The molecule has 0 saturated carbocycles. The Labute approximate surface area is 151 Å². The Morgan fingerprint density at radius 1 is 1.12 bits per heavy atom. The lowest BCUT2D eigenvalue weighted by Crippen LogP contribution is -2.31. The van der Waals surface area contributed by atoms with Crippen LogP contribution in [0.25, 0.3) is 0 Å². The summed E-state index contributed by atoms with van der Waals surface area (Å²) in [5.74, 6) is 0.859. The van der Waals surface area contributed by atoms with Crippen LogP contribution < -0.4 is 10.0 Å². The van der Waals surface area contributed by atoms with Crippen molar-refractivity contribution in [2.45, 2.75) is 35.1 Å². The van der Waals surface area contributed by atoms with Gasteiger partial charge in [0, 0.05) is 23.0 Å². The molecule has 2 aliphatic heterocycles. The number of fused-ring (bicyclic) bond motifs is 2. The number of sulfonamides is 1. The van der Waals surface area contributed by atoms with E-state index in [1.807, 2.05) is 24.3 Å². The number of nitrogens with one attached hydrogen (secondary N) is 2. The first-order valence-corrected chi connectivity index (χ1v) is 10.7. The Morgan fingerprint density at radius 2 is 1.96 bits per heavy atom. The summed E-state index contributed by atoms with van der Waals surface area (Å²) in [5, 5.41) is 2.78. The highest BCUT2D eigenvalue weighted by Crippen LogP contribution is 2.36. The van der Waals surface area contributed by atoms with Crippen molar-refractivity contribution in [1.82, 2.24) is 4.72 Å². The summed E-state index contributed by atoms with van der Waals surface area (Å²) >= 11 is 1.76. The standard InChI is InChI=1S/C18H18N2O3S2/c21-18-8-5-12-11-13(6-7-15(12)19-18)25(22,23)20-16-9-10-24-17-4-2-1-3-14(16)17/h1-4,6-7,11,16,20H,5,8-10H2,(H,19,21)/t16-/m1/s1. The molecule has 0 aliphatic carbocycles. The fourth-order valence-electron chi connectivity index (χ4n) is 3.25. The Kier molecular flexibility index (Phi) is 4.31. The number of thioether (sulfide) groups is 1. The lowest BCUT2D eigenvalue weighted by atomic mass is 10.0. The van der Waals surface area contributed by atoms with E-state index in [0.29, 0.717) is 18.5 Å². The fraction of sp³-hybridized carbons (Fsp3) is 0.278. The zero-order valence-electron chi connectivity index (χ0n) is 13.5. The zero-order chi connectivity index (χ0) is 17.4. The van der Waals surface area contributed by atoms with Gasteiger partial charge in [-0.15, -0.1) is 11.8 Å². The lowest BCUT2D eigenvalue weighted by Gasteiger charge is -2.26. The van der Waals surface area contributed by atoms with Crippen LogP contribution in [0.5, 0.6) is 0 Å². The molecule has 25 heavy (non-hydrogen) atoms. The quantitative estimate of drug-likeness (QED) is 0.866. The highest BCUT2D eigenvalue weighted by atomic mass is 32.2. The molecule has 4 rings (SSSR count). The number of hydrogen-bond acceptors (Lipinski definition) is 4. The van der Waals surface area contributed by atoms with Gasteiger partial charge in [-0.25, -0.2) is 13.1 Å². The summed E-state index contributed by atoms with van der Waals surface area (Å²) in [4.78, 5) is 12.8. The van der Waals surface area contributed by atoms with Crippen molar-refractivity contribution in [2.75, 3.05) is 11.1 Å². The molecule has 2 heterocycles. The van der Waals surface area contributed by atoms with Gasteiger partial charge in [0.05, 0.1) is 4.90 Å². The molecule has 0 aromatic heterocycles. The number of carbonyl (C=O) groups is 1. The normalized spacial score (nSPS) is 19.7. The van der Waals surface area contributed by atoms with Crippen molar-refractivity contribution in [3.8, 4) is 0 Å². The van der Waals surface area contributed by atoms with E-state index in [9.17, 15) is 13.2 Å². The number of aryl methyl sites for hydroxylation is 1. The number of benzene rings is 2. The highest BCUT2D eigenvalue weighted by Gasteiger charge is 2.27. The Balaban J connectivity index is 1.62. The Bertz CT molecular complexity index is 941. The molecule has 2 aromatic rings. The van der Waals surface area contributed by atoms with Gasteiger partial charge in [-0.3, -0.25) is 4.79 Å². The van der Waals surface area contributed by atoms with Gasteiger partial charge in [-0.05, 0) is 54.0 Å². The molecule has 1 atom stereocenters. The predicted octanol–water partition coefficient (Wildman–Crippen LogP) is 3.09. The second-order valence-electron chi connectivity index (χ2n) is 6.22. The van der Waals surface area contributed by atoms with Crippen LogP contribution in [0.4, 0.5) is 5.69 Å². The third kappa shape index (κ3) is 3.31. The Morgan fingerprint density at radius 3 is 2.84 bits per heavy atom. The van der Waals surface area contributed by atoms with Gasteiger partial charge in [-0.2, -0.15) is 0 Å². The molecular weight excluding hydrogens is 356 g/mol. The van der Waals surface area contributed by atoms with Gasteiger partial charge < -0.3 is 5.32 Å². The summed E-state index contributed by atoms with van der Waals surface area (Å²) in [7, 11) is -3.62. The molecule has 130 valence electrons. The smallest absolute Gasteiger partial charge is 0.241 e. The molecule has 0 fully saturated rings. The third-order valence-corrected chi connectivity index (χ3v) is 7.13. The van der Waals surface area contributed by atoms with Gasteiger partial charge in [0.2, 0.25) is 15.9 Å². The van der Waals surface area contributed by atoms with Crippen molar-refractivity contribution in [1.29, 1.82) is 0 Å². The van der Waals surface area contributed by atoms with Crippen LogP contribution in [0.2, 0.25) is 0 Å².